The Labute approximate surface area is 167 Å². The molecule has 2 fully saturated rings. The fourth-order valence-corrected chi connectivity index (χ4v) is 3.66. The minimum absolute atomic E-state index is 0. The molecule has 1 aromatic carbocycles. The third kappa shape index (κ3) is 5.92. The smallest absolute Gasteiger partial charge is 0.254 e. The molecule has 0 aromatic heterocycles. The molecular formula is C20H30ClN3O3. The van der Waals surface area contributed by atoms with Crippen molar-refractivity contribution in [2.24, 2.45) is 5.92 Å². The van der Waals surface area contributed by atoms with Crippen molar-refractivity contribution in [3.63, 3.8) is 0 Å². The summed E-state index contributed by atoms with van der Waals surface area (Å²) in [5.74, 6) is 0.677. The Hall–Kier alpha value is -1.63. The molecule has 2 aliphatic heterocycles. The van der Waals surface area contributed by atoms with Gasteiger partial charge in [-0.2, -0.15) is 0 Å². The van der Waals surface area contributed by atoms with Crippen molar-refractivity contribution in [1.29, 1.82) is 0 Å². The van der Waals surface area contributed by atoms with Crippen molar-refractivity contribution < 1.29 is 14.3 Å². The number of hydrogen-bond acceptors (Lipinski definition) is 4. The Kier molecular flexibility index (Phi) is 8.54. The highest BCUT2D eigenvalue weighted by atomic mass is 35.5. The normalized spacial score (nSPS) is 17.9. The number of piperidine rings is 1. The van der Waals surface area contributed by atoms with Gasteiger partial charge in [-0.1, -0.05) is 6.07 Å². The average Bonchev–Trinajstić information content (AvgIpc) is 2.69. The maximum atomic E-state index is 12.7. The van der Waals surface area contributed by atoms with E-state index in [1.807, 2.05) is 30.0 Å². The van der Waals surface area contributed by atoms with Gasteiger partial charge >= 0.3 is 0 Å². The highest BCUT2D eigenvalue weighted by Crippen LogP contribution is 2.22. The fourth-order valence-electron chi connectivity index (χ4n) is 3.66. The Balaban J connectivity index is 0.00000261. The topological polar surface area (TPSA) is 70.7 Å². The second-order valence-electron chi connectivity index (χ2n) is 7.16. The quantitative estimate of drug-likeness (QED) is 0.804. The summed E-state index contributed by atoms with van der Waals surface area (Å²) in [6, 6.07) is 5.54. The van der Waals surface area contributed by atoms with E-state index in [-0.39, 0.29) is 24.2 Å². The van der Waals surface area contributed by atoms with Crippen LogP contribution in [0.1, 0.15) is 41.6 Å². The summed E-state index contributed by atoms with van der Waals surface area (Å²) in [6.45, 7) is 6.40. The lowest BCUT2D eigenvalue weighted by Crippen LogP contribution is -2.41. The van der Waals surface area contributed by atoms with Gasteiger partial charge in [0.15, 0.2) is 0 Å². The summed E-state index contributed by atoms with van der Waals surface area (Å²) in [4.78, 5) is 26.9. The van der Waals surface area contributed by atoms with Gasteiger partial charge in [0.2, 0.25) is 5.91 Å². The molecule has 2 N–H and O–H groups in total. The van der Waals surface area contributed by atoms with Crippen molar-refractivity contribution in [3.8, 4) is 0 Å². The van der Waals surface area contributed by atoms with E-state index >= 15 is 0 Å². The van der Waals surface area contributed by atoms with Crippen LogP contribution in [0.25, 0.3) is 0 Å². The number of carbonyl (C=O) groups excluding carboxylic acids is 2. The number of nitrogens with one attached hydrogen (secondary N) is 2. The van der Waals surface area contributed by atoms with Crippen LogP contribution in [0.5, 0.6) is 0 Å². The lowest BCUT2D eigenvalue weighted by Gasteiger charge is -2.27. The second-order valence-corrected chi connectivity index (χ2v) is 7.16. The predicted molar refractivity (Wildman–Crippen MR) is 109 cm³/mol. The van der Waals surface area contributed by atoms with Crippen LogP contribution in [0.15, 0.2) is 18.2 Å². The van der Waals surface area contributed by atoms with Crippen LogP contribution in [0.4, 0.5) is 5.69 Å². The van der Waals surface area contributed by atoms with Gasteiger partial charge in [-0.05, 0) is 62.9 Å². The summed E-state index contributed by atoms with van der Waals surface area (Å²) in [7, 11) is 0. The van der Waals surface area contributed by atoms with Crippen molar-refractivity contribution >= 4 is 29.9 Å². The van der Waals surface area contributed by atoms with Gasteiger partial charge in [-0.25, -0.2) is 0 Å². The molecule has 0 bridgehead atoms. The van der Waals surface area contributed by atoms with Gasteiger partial charge in [0.25, 0.3) is 5.91 Å². The molecule has 3 rings (SSSR count). The van der Waals surface area contributed by atoms with Crippen LogP contribution >= 0.6 is 12.4 Å². The van der Waals surface area contributed by atoms with Gasteiger partial charge in [0.1, 0.15) is 0 Å². The van der Waals surface area contributed by atoms with Crippen LogP contribution in [0.3, 0.4) is 0 Å². The van der Waals surface area contributed by atoms with E-state index < -0.39 is 0 Å². The molecule has 0 spiro atoms. The number of anilines is 1. The zero-order chi connectivity index (χ0) is 18.4. The predicted octanol–water partition coefficient (Wildman–Crippen LogP) is 2.61. The fraction of sp³-hybridized carbons (Fsp3) is 0.600. The van der Waals surface area contributed by atoms with Gasteiger partial charge in [0, 0.05) is 30.8 Å². The van der Waals surface area contributed by atoms with Crippen molar-refractivity contribution in [2.75, 3.05) is 44.7 Å². The number of rotatable bonds is 5. The molecular weight excluding hydrogens is 366 g/mol. The molecule has 0 aliphatic carbocycles. The summed E-state index contributed by atoms with van der Waals surface area (Å²) in [6.07, 6.45) is 3.76. The number of ether oxygens (including phenoxy) is 1. The lowest BCUT2D eigenvalue weighted by atomic mass is 9.93. The van der Waals surface area contributed by atoms with Crippen molar-refractivity contribution in [1.82, 2.24) is 10.2 Å². The lowest BCUT2D eigenvalue weighted by molar-refractivity contribution is -0.116. The molecule has 0 unspecified atom stereocenters. The van der Waals surface area contributed by atoms with Crippen LogP contribution < -0.4 is 10.6 Å². The van der Waals surface area contributed by atoms with E-state index in [4.69, 9.17) is 4.74 Å². The molecule has 7 heteroatoms. The largest absolute Gasteiger partial charge is 0.378 e. The SMILES string of the molecule is Cc1c(NC(=O)CCC2CCNCC2)cccc1C(=O)N1CCOCC1.Cl. The van der Waals surface area contributed by atoms with Crippen LogP contribution in [-0.4, -0.2) is 56.1 Å². The van der Waals surface area contributed by atoms with E-state index in [0.717, 1.165) is 43.6 Å². The molecule has 2 heterocycles. The zero-order valence-corrected chi connectivity index (χ0v) is 16.8. The molecule has 0 saturated carbocycles. The van der Waals surface area contributed by atoms with Crippen LogP contribution in [0.2, 0.25) is 0 Å². The first-order valence-electron chi connectivity index (χ1n) is 9.62. The van der Waals surface area contributed by atoms with E-state index in [1.165, 1.54) is 0 Å². The first-order chi connectivity index (χ1) is 12.6. The Bertz CT molecular complexity index is 641. The summed E-state index contributed by atoms with van der Waals surface area (Å²) in [5.41, 5.74) is 2.22. The minimum Gasteiger partial charge on any atom is -0.378 e. The molecule has 27 heavy (non-hydrogen) atoms. The van der Waals surface area contributed by atoms with Crippen molar-refractivity contribution in [3.05, 3.63) is 29.3 Å². The standard InChI is InChI=1S/C20H29N3O3.ClH/c1-15-17(20(25)23-11-13-26-14-12-23)3-2-4-18(15)22-19(24)6-5-16-7-9-21-10-8-16;/h2-4,16,21H,5-14H2,1H3,(H,22,24);1H. The van der Waals surface area contributed by atoms with Gasteiger partial charge < -0.3 is 20.3 Å². The molecule has 2 amide bonds. The molecule has 150 valence electrons. The Morgan fingerprint density at radius 2 is 1.93 bits per heavy atom. The van der Waals surface area contributed by atoms with E-state index in [2.05, 4.69) is 10.6 Å². The highest BCUT2D eigenvalue weighted by Gasteiger charge is 2.21. The van der Waals surface area contributed by atoms with Crippen LogP contribution in [-0.2, 0) is 9.53 Å². The number of nitrogens with zero attached hydrogens (tertiary/aromatic N) is 1. The van der Waals surface area contributed by atoms with Gasteiger partial charge in [-0.3, -0.25) is 9.59 Å². The molecule has 0 radical (unpaired) electrons. The number of hydrogen-bond donors (Lipinski definition) is 2. The molecule has 1 aromatic rings. The van der Waals surface area contributed by atoms with Crippen LogP contribution in [0, 0.1) is 12.8 Å². The number of halogens is 1. The monoisotopic (exact) mass is 395 g/mol. The van der Waals surface area contributed by atoms with Crippen molar-refractivity contribution in [2.45, 2.75) is 32.6 Å². The van der Waals surface area contributed by atoms with E-state index in [9.17, 15) is 9.59 Å². The number of benzene rings is 1. The third-order valence-electron chi connectivity index (χ3n) is 5.37. The number of morpholine rings is 1. The van der Waals surface area contributed by atoms with Gasteiger partial charge in [0.05, 0.1) is 13.2 Å². The highest BCUT2D eigenvalue weighted by molar-refractivity contribution is 5.99. The minimum atomic E-state index is 0. The molecule has 0 atom stereocenters. The summed E-state index contributed by atoms with van der Waals surface area (Å²) in [5, 5.41) is 6.35. The average molecular weight is 396 g/mol. The first-order valence-corrected chi connectivity index (χ1v) is 9.62. The second kappa shape index (κ2) is 10.6. The zero-order valence-electron chi connectivity index (χ0n) is 16.0. The number of amides is 2. The van der Waals surface area contributed by atoms with E-state index in [1.54, 1.807) is 0 Å². The van der Waals surface area contributed by atoms with Gasteiger partial charge in [-0.15, -0.1) is 12.4 Å². The molecule has 2 saturated heterocycles. The van der Waals surface area contributed by atoms with E-state index in [0.29, 0.717) is 44.2 Å². The Morgan fingerprint density at radius 3 is 2.63 bits per heavy atom. The molecule has 2 aliphatic rings. The Morgan fingerprint density at radius 1 is 1.22 bits per heavy atom. The molecule has 6 nitrogen and oxygen atoms in total. The summed E-state index contributed by atoms with van der Waals surface area (Å²) >= 11 is 0. The maximum Gasteiger partial charge on any atom is 0.254 e. The first kappa shape index (κ1) is 21.7. The maximum absolute atomic E-state index is 12.7. The number of carbonyl (C=O) groups is 2. The summed E-state index contributed by atoms with van der Waals surface area (Å²) < 4.78 is 5.31. The third-order valence-corrected chi connectivity index (χ3v) is 5.37.